The lowest BCUT2D eigenvalue weighted by Gasteiger charge is -2.33. The average molecular weight is 448 g/mol. The normalized spacial score (nSPS) is 17.1. The number of nitrogens with zero attached hydrogens (tertiary/aromatic N) is 3. The lowest BCUT2D eigenvalue weighted by atomic mass is 9.80. The molecule has 3 aromatic rings. The molecule has 0 saturated carbocycles. The molecule has 0 bridgehead atoms. The maximum absolute atomic E-state index is 13.0. The summed E-state index contributed by atoms with van der Waals surface area (Å²) in [6.07, 6.45) is 5.47. The van der Waals surface area contributed by atoms with E-state index in [1.54, 1.807) is 30.2 Å². The number of benzene rings is 2. The molecule has 0 N–H and O–H groups in total. The van der Waals surface area contributed by atoms with Crippen LogP contribution in [0.4, 0.5) is 11.4 Å². The molecule has 6 heteroatoms. The predicted molar refractivity (Wildman–Crippen MR) is 132 cm³/mol. The third-order valence-electron chi connectivity index (χ3n) is 6.15. The fourth-order valence-corrected chi connectivity index (χ4v) is 5.09. The first kappa shape index (κ1) is 22.2. The maximum atomic E-state index is 13.0. The summed E-state index contributed by atoms with van der Waals surface area (Å²) in [4.78, 5) is 22.8. The largest absolute Gasteiger partial charge is 0.440 e. The molecule has 5 nitrogen and oxygen atoms in total. The zero-order chi connectivity index (χ0) is 22.9. The van der Waals surface area contributed by atoms with Gasteiger partial charge in [-0.3, -0.25) is 4.98 Å². The van der Waals surface area contributed by atoms with Crippen LogP contribution in [0, 0.1) is 0 Å². The molecular weight excluding hydrogens is 418 g/mol. The minimum Gasteiger partial charge on any atom is -0.440 e. The van der Waals surface area contributed by atoms with Gasteiger partial charge in [0.05, 0.1) is 5.56 Å². The van der Waals surface area contributed by atoms with Crippen LogP contribution in [0.15, 0.2) is 65.8 Å². The summed E-state index contributed by atoms with van der Waals surface area (Å²) < 4.78 is 6.27. The summed E-state index contributed by atoms with van der Waals surface area (Å²) in [5.74, 6) is -0.320. The Kier molecular flexibility index (Phi) is 6.15. The van der Waals surface area contributed by atoms with Gasteiger partial charge < -0.3 is 14.5 Å². The molecule has 0 aliphatic carbocycles. The summed E-state index contributed by atoms with van der Waals surface area (Å²) in [5.41, 5.74) is 4.43. The van der Waals surface area contributed by atoms with Gasteiger partial charge in [0.1, 0.15) is 0 Å². The molecular formula is C26H29N3O2S. The third-order valence-corrected chi connectivity index (χ3v) is 6.93. The highest BCUT2D eigenvalue weighted by molar-refractivity contribution is 7.98. The second-order valence-electron chi connectivity index (χ2n) is 7.99. The van der Waals surface area contributed by atoms with E-state index >= 15 is 0 Å². The van der Waals surface area contributed by atoms with Crippen molar-refractivity contribution in [3.8, 4) is 0 Å². The summed E-state index contributed by atoms with van der Waals surface area (Å²) >= 11 is 1.67. The van der Waals surface area contributed by atoms with Crippen LogP contribution in [-0.4, -0.2) is 44.4 Å². The molecule has 2 aromatic carbocycles. The maximum Gasteiger partial charge on any atom is 0.340 e. The molecule has 0 saturated heterocycles. The molecule has 1 aliphatic heterocycles. The van der Waals surface area contributed by atoms with Gasteiger partial charge in [-0.2, -0.15) is 0 Å². The van der Waals surface area contributed by atoms with E-state index in [2.05, 4.69) is 65.2 Å². The van der Waals surface area contributed by atoms with Crippen molar-refractivity contribution in [3.05, 3.63) is 83.2 Å². The van der Waals surface area contributed by atoms with E-state index in [0.29, 0.717) is 5.56 Å². The van der Waals surface area contributed by atoms with Crippen molar-refractivity contribution in [1.29, 1.82) is 0 Å². The minimum absolute atomic E-state index is 0.320. The number of aromatic nitrogens is 1. The molecule has 0 radical (unpaired) electrons. The Hall–Kier alpha value is -2.99. The Morgan fingerprint density at radius 1 is 0.969 bits per heavy atom. The van der Waals surface area contributed by atoms with Gasteiger partial charge in [-0.1, -0.05) is 18.2 Å². The second kappa shape index (κ2) is 8.87. The molecule has 1 unspecified atom stereocenters. The fraction of sp³-hybridized carbons (Fsp3) is 0.308. The first-order chi connectivity index (χ1) is 15.5. The van der Waals surface area contributed by atoms with Crippen LogP contribution in [-0.2, 0) is 10.3 Å². The second-order valence-corrected chi connectivity index (χ2v) is 8.84. The van der Waals surface area contributed by atoms with Crippen LogP contribution in [0.5, 0.6) is 0 Å². The van der Waals surface area contributed by atoms with E-state index in [-0.39, 0.29) is 5.97 Å². The van der Waals surface area contributed by atoms with Crippen molar-refractivity contribution in [2.75, 3.05) is 43.2 Å². The molecule has 4 rings (SSSR count). The number of carbonyl (C=O) groups is 1. The summed E-state index contributed by atoms with van der Waals surface area (Å²) in [5, 5.41) is 0. The molecule has 1 atom stereocenters. The highest BCUT2D eigenvalue weighted by Crippen LogP contribution is 2.49. The molecule has 1 aromatic heterocycles. The molecule has 2 heterocycles. The highest BCUT2D eigenvalue weighted by atomic mass is 32.2. The number of cyclic esters (lactones) is 1. The van der Waals surface area contributed by atoms with Crippen LogP contribution >= 0.6 is 11.8 Å². The summed E-state index contributed by atoms with van der Waals surface area (Å²) in [6, 6.07) is 16.4. The third kappa shape index (κ3) is 3.52. The Balaban J connectivity index is 1.97. The van der Waals surface area contributed by atoms with Crippen molar-refractivity contribution < 1.29 is 9.53 Å². The van der Waals surface area contributed by atoms with Gasteiger partial charge in [0.25, 0.3) is 0 Å². The number of hydrogen-bond acceptors (Lipinski definition) is 6. The van der Waals surface area contributed by atoms with E-state index in [9.17, 15) is 4.79 Å². The Labute approximate surface area is 194 Å². The number of rotatable bonds is 7. The number of esters is 1. The monoisotopic (exact) mass is 447 g/mol. The number of pyridine rings is 1. The first-order valence-electron chi connectivity index (χ1n) is 10.8. The number of thioether (sulfide) groups is 1. The SMILES string of the molecule is CCN(CC)c1ccc(C2(c3ccc(N(C)C)cc3)OC(=O)c3ccncc32)c(SC)c1. The average Bonchev–Trinajstić information content (AvgIpc) is 3.13. The Morgan fingerprint density at radius 2 is 1.66 bits per heavy atom. The van der Waals surface area contributed by atoms with E-state index in [1.807, 2.05) is 26.2 Å². The quantitative estimate of drug-likeness (QED) is 0.367. The molecule has 0 spiro atoms. The molecule has 1 aliphatic rings. The van der Waals surface area contributed by atoms with E-state index < -0.39 is 5.60 Å². The van der Waals surface area contributed by atoms with Crippen LogP contribution in [0.3, 0.4) is 0 Å². The number of carbonyl (C=O) groups excluding carboxylic acids is 1. The smallest absolute Gasteiger partial charge is 0.340 e. The van der Waals surface area contributed by atoms with Crippen LogP contribution in [0.2, 0.25) is 0 Å². The topological polar surface area (TPSA) is 45.7 Å². The standard InChI is InChI=1S/C26H29N3O2S/c1-6-29(7-2)20-12-13-22(24(16-20)32-5)26(18-8-10-19(11-9-18)28(3)4)23-17-27-15-14-21(23)25(30)31-26/h8-17H,6-7H2,1-5H3. The molecule has 166 valence electrons. The molecule has 0 amide bonds. The summed E-state index contributed by atoms with van der Waals surface area (Å²) in [7, 11) is 4.02. The molecule has 0 fully saturated rings. The van der Waals surface area contributed by atoms with Gasteiger partial charge in [0.15, 0.2) is 5.60 Å². The van der Waals surface area contributed by atoms with Gasteiger partial charge in [0, 0.05) is 72.5 Å². The van der Waals surface area contributed by atoms with Gasteiger partial charge >= 0.3 is 5.97 Å². The van der Waals surface area contributed by atoms with Crippen molar-refractivity contribution in [1.82, 2.24) is 4.98 Å². The Morgan fingerprint density at radius 3 is 2.28 bits per heavy atom. The number of fused-ring (bicyclic) bond motifs is 1. The van der Waals surface area contributed by atoms with Crippen molar-refractivity contribution in [3.63, 3.8) is 0 Å². The predicted octanol–water partition coefficient (Wildman–Crippen LogP) is 5.18. The zero-order valence-electron chi connectivity index (χ0n) is 19.3. The van der Waals surface area contributed by atoms with Gasteiger partial charge in [0.2, 0.25) is 0 Å². The lowest BCUT2D eigenvalue weighted by molar-refractivity contribution is 0.0244. The summed E-state index contributed by atoms with van der Waals surface area (Å²) in [6.45, 7) is 6.18. The van der Waals surface area contributed by atoms with Gasteiger partial charge in [-0.15, -0.1) is 11.8 Å². The van der Waals surface area contributed by atoms with Gasteiger partial charge in [-0.05, 0) is 50.4 Å². The minimum atomic E-state index is -1.04. The number of ether oxygens (including phenoxy) is 1. The van der Waals surface area contributed by atoms with E-state index in [4.69, 9.17) is 4.74 Å². The number of hydrogen-bond donors (Lipinski definition) is 0. The van der Waals surface area contributed by atoms with Crippen molar-refractivity contribution in [2.45, 2.75) is 24.3 Å². The van der Waals surface area contributed by atoms with Crippen LogP contribution in [0.25, 0.3) is 0 Å². The van der Waals surface area contributed by atoms with E-state index in [0.717, 1.165) is 46.1 Å². The first-order valence-corrected chi connectivity index (χ1v) is 12.1. The highest BCUT2D eigenvalue weighted by Gasteiger charge is 2.50. The number of anilines is 2. The van der Waals surface area contributed by atoms with Gasteiger partial charge in [-0.25, -0.2) is 4.79 Å². The van der Waals surface area contributed by atoms with Crippen molar-refractivity contribution >= 4 is 29.1 Å². The zero-order valence-corrected chi connectivity index (χ0v) is 20.1. The fourth-order valence-electron chi connectivity index (χ4n) is 4.42. The molecule has 32 heavy (non-hydrogen) atoms. The Bertz CT molecular complexity index is 1130. The van der Waals surface area contributed by atoms with Crippen LogP contribution in [0.1, 0.15) is 40.9 Å². The van der Waals surface area contributed by atoms with E-state index in [1.165, 1.54) is 0 Å². The van der Waals surface area contributed by atoms with Crippen LogP contribution < -0.4 is 9.80 Å². The lowest BCUT2D eigenvalue weighted by Crippen LogP contribution is -2.31. The van der Waals surface area contributed by atoms with Crippen molar-refractivity contribution in [2.24, 2.45) is 0 Å².